The summed E-state index contributed by atoms with van der Waals surface area (Å²) in [6.45, 7) is -1.08. The minimum absolute atomic E-state index is 0.0461. The van der Waals surface area contributed by atoms with Crippen molar-refractivity contribution in [1.29, 1.82) is 0 Å². The number of pyridine rings is 1. The maximum Gasteiger partial charge on any atom is 0.169 e. The first-order valence-electron chi connectivity index (χ1n) is 7.52. The molecule has 0 aliphatic carbocycles. The summed E-state index contributed by atoms with van der Waals surface area (Å²) in [4.78, 5) is 23.7. The molecule has 8 heteroatoms. The topological polar surface area (TPSA) is 65.0 Å². The Morgan fingerprint density at radius 3 is 2.54 bits per heavy atom. The molecule has 0 radical (unpaired) electrons. The Hall–Kier alpha value is -3.29. The van der Waals surface area contributed by atoms with E-state index in [1.165, 1.54) is 30.9 Å². The van der Waals surface area contributed by atoms with Crippen molar-refractivity contribution in [3.63, 3.8) is 0 Å². The quantitative estimate of drug-likeness (QED) is 0.626. The van der Waals surface area contributed by atoms with Crippen molar-refractivity contribution in [3.05, 3.63) is 77.6 Å². The molecular weight excluding hydrogens is 347 g/mol. The summed E-state index contributed by atoms with van der Waals surface area (Å²) >= 11 is 0. The molecule has 2 aromatic heterocycles. The number of alkyl halides is 1. The van der Waals surface area contributed by atoms with E-state index in [9.17, 15) is 18.0 Å². The van der Waals surface area contributed by atoms with Gasteiger partial charge < -0.3 is 4.74 Å². The highest BCUT2D eigenvalue weighted by atomic mass is 19.1. The molecule has 3 aromatic rings. The van der Waals surface area contributed by atoms with Gasteiger partial charge in [0.25, 0.3) is 0 Å². The summed E-state index contributed by atoms with van der Waals surface area (Å²) in [6.07, 6.45) is 3.86. The van der Waals surface area contributed by atoms with E-state index in [0.717, 1.165) is 18.2 Å². The highest BCUT2D eigenvalue weighted by molar-refractivity contribution is 5.97. The van der Waals surface area contributed by atoms with E-state index < -0.39 is 24.1 Å². The van der Waals surface area contributed by atoms with Gasteiger partial charge in [0.1, 0.15) is 36.1 Å². The van der Waals surface area contributed by atoms with Crippen molar-refractivity contribution in [1.82, 2.24) is 15.0 Å². The lowest BCUT2D eigenvalue weighted by atomic mass is 10.1. The zero-order chi connectivity index (χ0) is 18.5. The van der Waals surface area contributed by atoms with Crippen molar-refractivity contribution in [2.75, 3.05) is 0 Å². The average Bonchev–Trinajstić information content (AvgIpc) is 2.63. The summed E-state index contributed by atoms with van der Waals surface area (Å²) in [5.74, 6) is -1.54. The first-order valence-corrected chi connectivity index (χ1v) is 7.52. The first-order chi connectivity index (χ1) is 12.5. The number of Topliss-reactive ketones (excluding diaryl/α,β-unsaturated/α-hetero) is 1. The van der Waals surface area contributed by atoms with Gasteiger partial charge in [0.05, 0.1) is 18.8 Å². The molecular formula is C18H12F3N3O2. The van der Waals surface area contributed by atoms with Gasteiger partial charge in [-0.3, -0.25) is 9.78 Å². The van der Waals surface area contributed by atoms with Gasteiger partial charge >= 0.3 is 0 Å². The van der Waals surface area contributed by atoms with Crippen LogP contribution in [0.4, 0.5) is 13.2 Å². The Morgan fingerprint density at radius 2 is 1.81 bits per heavy atom. The predicted molar refractivity (Wildman–Crippen MR) is 85.5 cm³/mol. The van der Waals surface area contributed by atoms with Gasteiger partial charge in [0.2, 0.25) is 0 Å². The summed E-state index contributed by atoms with van der Waals surface area (Å²) in [7, 11) is 0. The van der Waals surface area contributed by atoms with Crippen LogP contribution in [0.2, 0.25) is 0 Å². The Kier molecular flexibility index (Phi) is 5.21. The lowest BCUT2D eigenvalue weighted by Gasteiger charge is -2.08. The third-order valence-electron chi connectivity index (χ3n) is 3.41. The molecule has 0 aliphatic heterocycles. The second kappa shape index (κ2) is 7.73. The number of carbonyl (C=O) groups excluding carboxylic acids is 1. The molecule has 0 spiro atoms. The fraction of sp³-hybridized carbons (Fsp3) is 0.111. The Labute approximate surface area is 146 Å². The number of aromatic nitrogens is 3. The van der Waals surface area contributed by atoms with Crippen LogP contribution in [0.25, 0.3) is 0 Å². The van der Waals surface area contributed by atoms with Gasteiger partial charge in [-0.2, -0.15) is 0 Å². The molecule has 0 aliphatic rings. The van der Waals surface area contributed by atoms with Crippen molar-refractivity contribution in [2.45, 2.75) is 13.1 Å². The van der Waals surface area contributed by atoms with Crippen LogP contribution >= 0.6 is 0 Å². The molecule has 26 heavy (non-hydrogen) atoms. The van der Waals surface area contributed by atoms with Crippen LogP contribution in [0, 0.1) is 11.6 Å². The molecule has 132 valence electrons. The third-order valence-corrected chi connectivity index (χ3v) is 3.41. The molecule has 0 fully saturated rings. The lowest BCUT2D eigenvalue weighted by Crippen LogP contribution is -2.07. The number of ketones is 1. The van der Waals surface area contributed by atoms with Crippen LogP contribution in [0.3, 0.4) is 0 Å². The van der Waals surface area contributed by atoms with Crippen LogP contribution in [-0.2, 0) is 13.1 Å². The number of nitrogens with zero attached hydrogens (tertiary/aromatic N) is 3. The van der Waals surface area contributed by atoms with Gasteiger partial charge in [-0.25, -0.2) is 23.1 Å². The average molecular weight is 359 g/mol. The van der Waals surface area contributed by atoms with E-state index in [-0.39, 0.29) is 34.9 Å². The van der Waals surface area contributed by atoms with Crippen molar-refractivity contribution >= 4 is 5.78 Å². The van der Waals surface area contributed by atoms with Crippen molar-refractivity contribution < 1.29 is 22.7 Å². The zero-order valence-electron chi connectivity index (χ0n) is 13.3. The highest BCUT2D eigenvalue weighted by Crippen LogP contribution is 2.23. The number of hydrogen-bond donors (Lipinski definition) is 0. The lowest BCUT2D eigenvalue weighted by molar-refractivity contribution is 0.0991. The Balaban J connectivity index is 1.81. The molecule has 0 amide bonds. The molecule has 0 bridgehead atoms. The molecule has 5 nitrogen and oxygen atoms in total. The van der Waals surface area contributed by atoms with Crippen molar-refractivity contribution in [3.8, 4) is 11.5 Å². The minimum atomic E-state index is -1.08. The van der Waals surface area contributed by atoms with Crippen LogP contribution in [0.5, 0.6) is 11.5 Å². The Bertz CT molecular complexity index is 936. The molecule has 2 heterocycles. The number of rotatable bonds is 6. The van der Waals surface area contributed by atoms with Crippen molar-refractivity contribution in [2.24, 2.45) is 0 Å². The SMILES string of the molecule is O=C(Cc1ccc(F)c(CF)n1)c1cc(F)cc(Oc2cncnc2)c1. The largest absolute Gasteiger partial charge is 0.454 e. The van der Waals surface area contributed by atoms with Crippen LogP contribution < -0.4 is 4.74 Å². The maximum absolute atomic E-state index is 13.8. The normalized spacial score (nSPS) is 10.6. The molecule has 0 atom stereocenters. The molecule has 0 unspecified atom stereocenters. The third kappa shape index (κ3) is 4.21. The second-order valence-electron chi connectivity index (χ2n) is 5.32. The smallest absolute Gasteiger partial charge is 0.169 e. The maximum atomic E-state index is 13.8. The molecule has 0 saturated heterocycles. The fourth-order valence-corrected chi connectivity index (χ4v) is 2.25. The molecule has 1 aromatic carbocycles. The number of benzene rings is 1. The van der Waals surface area contributed by atoms with E-state index >= 15 is 0 Å². The molecule has 0 saturated carbocycles. The van der Waals surface area contributed by atoms with Crippen LogP contribution in [-0.4, -0.2) is 20.7 Å². The summed E-state index contributed by atoms with van der Waals surface area (Å²) in [5.41, 5.74) is -0.139. The molecule has 0 N–H and O–H groups in total. The number of carbonyl (C=O) groups is 1. The van der Waals surface area contributed by atoms with E-state index in [0.29, 0.717) is 0 Å². The van der Waals surface area contributed by atoms with Gasteiger partial charge in [0, 0.05) is 17.3 Å². The van der Waals surface area contributed by atoms with Gasteiger partial charge in [-0.15, -0.1) is 0 Å². The van der Waals surface area contributed by atoms with E-state index in [4.69, 9.17) is 4.74 Å². The number of halogens is 3. The van der Waals surface area contributed by atoms with Gasteiger partial charge in [-0.05, 0) is 24.3 Å². The number of ether oxygens (including phenoxy) is 1. The standard InChI is InChI=1S/C18H12F3N3O2/c19-7-17-16(21)2-1-13(24-17)6-18(25)11-3-12(20)5-14(4-11)26-15-8-22-10-23-9-15/h1-5,8-10H,6-7H2. The minimum Gasteiger partial charge on any atom is -0.454 e. The predicted octanol–water partition coefficient (Wildman–Crippen LogP) is 3.84. The Morgan fingerprint density at radius 1 is 1.04 bits per heavy atom. The van der Waals surface area contributed by atoms with E-state index in [1.54, 1.807) is 0 Å². The highest BCUT2D eigenvalue weighted by Gasteiger charge is 2.14. The summed E-state index contributed by atoms with van der Waals surface area (Å²) in [6, 6.07) is 5.85. The van der Waals surface area contributed by atoms with E-state index in [1.807, 2.05) is 0 Å². The second-order valence-corrected chi connectivity index (χ2v) is 5.32. The first kappa shape index (κ1) is 17.5. The van der Waals surface area contributed by atoms with Gasteiger partial charge in [0.15, 0.2) is 11.5 Å². The number of hydrogen-bond acceptors (Lipinski definition) is 5. The summed E-state index contributed by atoms with van der Waals surface area (Å²) in [5, 5.41) is 0. The zero-order valence-corrected chi connectivity index (χ0v) is 13.3. The monoisotopic (exact) mass is 359 g/mol. The fourth-order valence-electron chi connectivity index (χ4n) is 2.25. The molecule has 3 rings (SSSR count). The van der Waals surface area contributed by atoms with E-state index in [2.05, 4.69) is 15.0 Å². The summed E-state index contributed by atoms with van der Waals surface area (Å²) < 4.78 is 45.2. The van der Waals surface area contributed by atoms with Crippen LogP contribution in [0.15, 0.2) is 49.1 Å². The van der Waals surface area contributed by atoms with Gasteiger partial charge in [-0.1, -0.05) is 0 Å². The van der Waals surface area contributed by atoms with Crippen LogP contribution in [0.1, 0.15) is 21.7 Å².